The number of rotatable bonds is 6. The molecule has 3 N–H and O–H groups in total. The molecule has 6 nitrogen and oxygen atoms in total. The number of hydrogen-bond acceptors (Lipinski definition) is 5. The summed E-state index contributed by atoms with van der Waals surface area (Å²) in [6, 6.07) is 7.33. The van der Waals surface area contributed by atoms with E-state index in [9.17, 15) is 4.79 Å². The molecule has 2 saturated heterocycles. The summed E-state index contributed by atoms with van der Waals surface area (Å²) in [7, 11) is 0. The summed E-state index contributed by atoms with van der Waals surface area (Å²) in [5, 5.41) is 3.77. The van der Waals surface area contributed by atoms with Gasteiger partial charge in [0.15, 0.2) is 0 Å². The molecule has 26 heavy (non-hydrogen) atoms. The summed E-state index contributed by atoms with van der Waals surface area (Å²) in [4.78, 5) is 14.9. The summed E-state index contributed by atoms with van der Waals surface area (Å²) in [5.74, 6) is 0.0908. The van der Waals surface area contributed by atoms with Crippen LogP contribution in [0, 0.1) is 5.92 Å². The Morgan fingerprint density at radius 2 is 1.85 bits per heavy atom. The van der Waals surface area contributed by atoms with Gasteiger partial charge in [0.25, 0.3) is 0 Å². The Bertz CT molecular complexity index is 589. The molecule has 2 unspecified atom stereocenters. The lowest BCUT2D eigenvalue weighted by molar-refractivity contribution is -0.124. The molecule has 2 aliphatic heterocycles. The average molecular weight is 382 g/mol. The van der Waals surface area contributed by atoms with E-state index >= 15 is 0 Å². The molecule has 0 aliphatic carbocycles. The zero-order chi connectivity index (χ0) is 18.4. The van der Waals surface area contributed by atoms with Gasteiger partial charge in [-0.2, -0.15) is 0 Å². The van der Waals surface area contributed by atoms with Gasteiger partial charge in [0.2, 0.25) is 5.91 Å². The maximum atomic E-state index is 12.6. The zero-order valence-corrected chi connectivity index (χ0v) is 15.8. The normalized spacial score (nSPS) is 21.9. The molecule has 2 aliphatic rings. The molecule has 0 radical (unpaired) electrons. The van der Waals surface area contributed by atoms with Crippen molar-refractivity contribution in [1.29, 1.82) is 0 Å². The molecule has 2 atom stereocenters. The van der Waals surface area contributed by atoms with Crippen LogP contribution in [0.3, 0.4) is 0 Å². The van der Waals surface area contributed by atoms with Crippen LogP contribution >= 0.6 is 11.6 Å². The van der Waals surface area contributed by atoms with Gasteiger partial charge < -0.3 is 20.5 Å². The molecular weight excluding hydrogens is 354 g/mol. The minimum absolute atomic E-state index is 0.0124. The summed E-state index contributed by atoms with van der Waals surface area (Å²) < 4.78 is 10.8. The number of carbonyl (C=O) groups excluding carboxylic acids is 1. The minimum Gasteiger partial charge on any atom is -0.381 e. The smallest absolute Gasteiger partial charge is 0.237 e. The highest BCUT2D eigenvalue weighted by Crippen LogP contribution is 2.28. The molecule has 1 aromatic rings. The average Bonchev–Trinajstić information content (AvgIpc) is 2.70. The second-order valence-electron chi connectivity index (χ2n) is 6.91. The van der Waals surface area contributed by atoms with Crippen molar-refractivity contribution < 1.29 is 14.3 Å². The lowest BCUT2D eigenvalue weighted by Crippen LogP contribution is -2.50. The maximum absolute atomic E-state index is 12.6. The van der Waals surface area contributed by atoms with E-state index in [0.717, 1.165) is 31.5 Å². The fourth-order valence-corrected chi connectivity index (χ4v) is 3.94. The molecule has 1 aromatic carbocycles. The fourth-order valence-electron chi connectivity index (χ4n) is 3.67. The van der Waals surface area contributed by atoms with Crippen molar-refractivity contribution >= 4 is 17.5 Å². The Balaban J connectivity index is 1.65. The van der Waals surface area contributed by atoms with Gasteiger partial charge in [-0.25, -0.2) is 0 Å². The number of nitrogens with one attached hydrogen (secondary N) is 1. The van der Waals surface area contributed by atoms with Crippen LogP contribution in [0.25, 0.3) is 0 Å². The molecule has 2 fully saturated rings. The van der Waals surface area contributed by atoms with Crippen LogP contribution in [-0.2, 0) is 14.3 Å². The van der Waals surface area contributed by atoms with Crippen molar-refractivity contribution in [3.05, 3.63) is 34.9 Å². The highest BCUT2D eigenvalue weighted by molar-refractivity contribution is 6.31. The third kappa shape index (κ3) is 4.96. The molecule has 2 heterocycles. The quantitative estimate of drug-likeness (QED) is 0.782. The fraction of sp³-hybridized carbons (Fsp3) is 0.632. The van der Waals surface area contributed by atoms with Crippen LogP contribution in [0.5, 0.6) is 0 Å². The standard InChI is InChI=1S/C19H28ClN3O3/c20-16-4-2-1-3-15(16)17(23-7-11-26-12-8-23)13-22-19(24)18(21)14-5-9-25-10-6-14/h1-4,14,17-18H,5-13,21H2,(H,22,24). The first-order valence-electron chi connectivity index (χ1n) is 9.34. The Morgan fingerprint density at radius 3 is 2.54 bits per heavy atom. The number of nitrogens with two attached hydrogens (primary N) is 1. The number of benzene rings is 1. The van der Waals surface area contributed by atoms with Crippen LogP contribution in [0.2, 0.25) is 5.02 Å². The van der Waals surface area contributed by atoms with Gasteiger partial charge in [-0.05, 0) is 30.4 Å². The molecule has 0 spiro atoms. The first kappa shape index (κ1) is 19.6. The highest BCUT2D eigenvalue weighted by atomic mass is 35.5. The van der Waals surface area contributed by atoms with Crippen molar-refractivity contribution in [2.75, 3.05) is 46.1 Å². The topological polar surface area (TPSA) is 76.8 Å². The molecular formula is C19H28ClN3O3. The number of carbonyl (C=O) groups is 1. The van der Waals surface area contributed by atoms with E-state index in [2.05, 4.69) is 10.2 Å². The van der Waals surface area contributed by atoms with E-state index in [1.807, 2.05) is 24.3 Å². The van der Waals surface area contributed by atoms with Crippen molar-refractivity contribution in [2.24, 2.45) is 11.7 Å². The van der Waals surface area contributed by atoms with Crippen LogP contribution in [0.15, 0.2) is 24.3 Å². The third-order valence-electron chi connectivity index (χ3n) is 5.30. The molecule has 0 saturated carbocycles. The number of morpholine rings is 1. The van der Waals surface area contributed by atoms with E-state index < -0.39 is 6.04 Å². The Morgan fingerprint density at radius 1 is 1.19 bits per heavy atom. The first-order chi connectivity index (χ1) is 12.7. The second kappa shape index (κ2) is 9.67. The molecule has 0 aromatic heterocycles. The Labute approximate surface area is 160 Å². The van der Waals surface area contributed by atoms with Gasteiger partial charge >= 0.3 is 0 Å². The van der Waals surface area contributed by atoms with Crippen LogP contribution < -0.4 is 11.1 Å². The van der Waals surface area contributed by atoms with Crippen molar-refractivity contribution in [1.82, 2.24) is 10.2 Å². The van der Waals surface area contributed by atoms with Crippen molar-refractivity contribution in [3.8, 4) is 0 Å². The van der Waals surface area contributed by atoms with E-state index in [0.29, 0.717) is 38.0 Å². The van der Waals surface area contributed by atoms with Crippen LogP contribution in [0.4, 0.5) is 0 Å². The number of halogens is 1. The molecule has 7 heteroatoms. The first-order valence-corrected chi connectivity index (χ1v) is 9.72. The number of hydrogen-bond donors (Lipinski definition) is 2. The second-order valence-corrected chi connectivity index (χ2v) is 7.31. The highest BCUT2D eigenvalue weighted by Gasteiger charge is 2.29. The lowest BCUT2D eigenvalue weighted by Gasteiger charge is -2.35. The van der Waals surface area contributed by atoms with E-state index in [-0.39, 0.29) is 17.9 Å². The third-order valence-corrected chi connectivity index (χ3v) is 5.64. The summed E-state index contributed by atoms with van der Waals surface area (Å²) >= 11 is 6.43. The predicted molar refractivity (Wildman–Crippen MR) is 101 cm³/mol. The van der Waals surface area contributed by atoms with Gasteiger partial charge in [0.05, 0.1) is 25.3 Å². The van der Waals surface area contributed by atoms with Crippen molar-refractivity contribution in [2.45, 2.75) is 24.9 Å². The molecule has 1 amide bonds. The van der Waals surface area contributed by atoms with Crippen LogP contribution in [-0.4, -0.2) is 62.9 Å². The Hall–Kier alpha value is -1.18. The largest absolute Gasteiger partial charge is 0.381 e. The predicted octanol–water partition coefficient (Wildman–Crippen LogP) is 1.58. The summed E-state index contributed by atoms with van der Waals surface area (Å²) in [6.45, 7) is 4.87. The van der Waals surface area contributed by atoms with Crippen LogP contribution in [0.1, 0.15) is 24.4 Å². The van der Waals surface area contributed by atoms with E-state index in [4.69, 9.17) is 26.8 Å². The maximum Gasteiger partial charge on any atom is 0.237 e. The number of ether oxygens (including phenoxy) is 2. The van der Waals surface area contributed by atoms with Gasteiger partial charge in [-0.3, -0.25) is 9.69 Å². The van der Waals surface area contributed by atoms with Gasteiger partial charge in [-0.1, -0.05) is 29.8 Å². The zero-order valence-electron chi connectivity index (χ0n) is 15.0. The molecule has 3 rings (SSSR count). The van der Waals surface area contributed by atoms with Gasteiger partial charge in [0, 0.05) is 37.9 Å². The lowest BCUT2D eigenvalue weighted by atomic mass is 9.91. The Kier molecular flexibility index (Phi) is 7.28. The van der Waals surface area contributed by atoms with E-state index in [1.165, 1.54) is 0 Å². The SMILES string of the molecule is NC(C(=O)NCC(c1ccccc1Cl)N1CCOCC1)C1CCOCC1. The summed E-state index contributed by atoms with van der Waals surface area (Å²) in [5.41, 5.74) is 7.22. The number of amides is 1. The summed E-state index contributed by atoms with van der Waals surface area (Å²) in [6.07, 6.45) is 1.68. The monoisotopic (exact) mass is 381 g/mol. The molecule has 144 valence electrons. The minimum atomic E-state index is -0.490. The van der Waals surface area contributed by atoms with Crippen molar-refractivity contribution in [3.63, 3.8) is 0 Å². The van der Waals surface area contributed by atoms with Gasteiger partial charge in [-0.15, -0.1) is 0 Å². The number of nitrogens with zero attached hydrogens (tertiary/aromatic N) is 1. The van der Waals surface area contributed by atoms with E-state index in [1.54, 1.807) is 0 Å². The molecule has 0 bridgehead atoms. The van der Waals surface area contributed by atoms with Gasteiger partial charge in [0.1, 0.15) is 0 Å².